The van der Waals surface area contributed by atoms with Crippen LogP contribution in [0.15, 0.2) is 79.1 Å². The van der Waals surface area contributed by atoms with Gasteiger partial charge in [0.2, 0.25) is 0 Å². The first kappa shape index (κ1) is 34.0. The van der Waals surface area contributed by atoms with Crippen LogP contribution in [0.4, 0.5) is 27.3 Å². The number of fused-ring (bicyclic) bond motifs is 1. The van der Waals surface area contributed by atoms with Gasteiger partial charge < -0.3 is 24.8 Å². The molecule has 0 saturated carbocycles. The van der Waals surface area contributed by atoms with Crippen molar-refractivity contribution in [2.45, 2.75) is 6.42 Å². The molecular weight excluding hydrogens is 669 g/mol. The molecule has 1 aliphatic heterocycles. The summed E-state index contributed by atoms with van der Waals surface area (Å²) in [5.41, 5.74) is 0.727. The Morgan fingerprint density at radius 1 is 1.08 bits per heavy atom. The van der Waals surface area contributed by atoms with Crippen molar-refractivity contribution in [3.05, 3.63) is 111 Å². The number of benzene rings is 4. The molecule has 5 aromatic rings. The van der Waals surface area contributed by atoms with E-state index in [4.69, 9.17) is 25.8 Å². The van der Waals surface area contributed by atoms with E-state index >= 15 is 0 Å². The Labute approximate surface area is 290 Å². The molecule has 1 aliphatic rings. The van der Waals surface area contributed by atoms with E-state index in [1.807, 2.05) is 0 Å². The minimum absolute atomic E-state index is 0.180. The van der Waals surface area contributed by atoms with Crippen LogP contribution in [0.5, 0.6) is 17.2 Å². The molecular formula is C35H29ClFN7O6. The summed E-state index contributed by atoms with van der Waals surface area (Å²) in [5, 5.41) is 27.1. The molecule has 1 aromatic heterocycles. The summed E-state index contributed by atoms with van der Waals surface area (Å²) in [6, 6.07) is 19.7. The second kappa shape index (κ2) is 15.6. The van der Waals surface area contributed by atoms with E-state index in [1.54, 1.807) is 54.6 Å². The van der Waals surface area contributed by atoms with Crippen LogP contribution >= 0.6 is 11.6 Å². The molecule has 0 spiro atoms. The first-order valence-electron chi connectivity index (χ1n) is 15.5. The van der Waals surface area contributed by atoms with Crippen LogP contribution in [0.2, 0.25) is 5.02 Å². The van der Waals surface area contributed by atoms with Crippen molar-refractivity contribution >= 4 is 51.3 Å². The molecule has 1 amide bonds. The van der Waals surface area contributed by atoms with Gasteiger partial charge in [0, 0.05) is 48.9 Å². The van der Waals surface area contributed by atoms with E-state index in [1.165, 1.54) is 6.33 Å². The van der Waals surface area contributed by atoms with E-state index < -0.39 is 27.9 Å². The number of hydrogen-bond acceptors (Lipinski definition) is 11. The van der Waals surface area contributed by atoms with Gasteiger partial charge in [0.1, 0.15) is 35.2 Å². The molecule has 6 rings (SSSR count). The maximum Gasteiger partial charge on any atom is 0.270 e. The van der Waals surface area contributed by atoms with Crippen LogP contribution < -0.4 is 20.1 Å². The van der Waals surface area contributed by atoms with E-state index in [0.29, 0.717) is 65.7 Å². The molecule has 2 heterocycles. The standard InChI is InChI=1S/C35H29ClFN7O6/c36-28-16-23(5-8-32(28)50-25-4-1-3-22(15-25)20-38)41-34-27-18-31(42-35(45)26-17-24(44(46)47)6-7-29(26)37)33(19-30(27)39-21-40-34)49-12-2-9-43-10-13-48-14-11-43/h1,3-8,15-19,21H,2,9-14H2,(H,42,45)(H,39,40,41). The first-order valence-corrected chi connectivity index (χ1v) is 15.9. The van der Waals surface area contributed by atoms with Crippen molar-refractivity contribution in [3.8, 4) is 23.3 Å². The van der Waals surface area contributed by atoms with Gasteiger partial charge in [0.15, 0.2) is 0 Å². The Morgan fingerprint density at radius 2 is 1.92 bits per heavy atom. The van der Waals surface area contributed by atoms with Crippen molar-refractivity contribution in [1.82, 2.24) is 14.9 Å². The summed E-state index contributed by atoms with van der Waals surface area (Å²) < 4.78 is 32.1. The average molecular weight is 698 g/mol. The largest absolute Gasteiger partial charge is 0.491 e. The fourth-order valence-electron chi connectivity index (χ4n) is 5.24. The molecule has 13 nitrogen and oxygen atoms in total. The number of nitro benzene ring substituents is 1. The molecule has 1 fully saturated rings. The fourth-order valence-corrected chi connectivity index (χ4v) is 5.46. The summed E-state index contributed by atoms with van der Waals surface area (Å²) >= 11 is 6.54. The zero-order valence-corrected chi connectivity index (χ0v) is 27.2. The van der Waals surface area contributed by atoms with Gasteiger partial charge in [0.05, 0.1) is 58.2 Å². The number of amides is 1. The number of nitrogens with one attached hydrogen (secondary N) is 2. The molecule has 0 bridgehead atoms. The van der Waals surface area contributed by atoms with Gasteiger partial charge in [-0.05, 0) is 55.0 Å². The van der Waals surface area contributed by atoms with Crippen molar-refractivity contribution in [2.75, 3.05) is 50.1 Å². The SMILES string of the molecule is N#Cc1cccc(Oc2ccc(Nc3ncnc4cc(OCCCN5CCOCC5)c(NC(=O)c5cc([N+](=O)[O-])ccc5F)cc34)cc2Cl)c1. The summed E-state index contributed by atoms with van der Waals surface area (Å²) in [6.07, 6.45) is 2.05. The maximum atomic E-state index is 14.7. The third-order valence-corrected chi connectivity index (χ3v) is 8.05. The van der Waals surface area contributed by atoms with E-state index in [9.17, 15) is 24.6 Å². The number of anilines is 3. The molecule has 2 N–H and O–H groups in total. The maximum absolute atomic E-state index is 14.7. The number of hydrogen-bond donors (Lipinski definition) is 2. The third-order valence-electron chi connectivity index (χ3n) is 7.76. The molecule has 254 valence electrons. The number of morpholine rings is 1. The number of carbonyl (C=O) groups is 1. The Kier molecular flexibility index (Phi) is 10.6. The lowest BCUT2D eigenvalue weighted by Crippen LogP contribution is -2.37. The molecule has 0 unspecified atom stereocenters. The van der Waals surface area contributed by atoms with E-state index in [0.717, 1.165) is 37.8 Å². The molecule has 1 saturated heterocycles. The molecule has 0 radical (unpaired) electrons. The lowest BCUT2D eigenvalue weighted by Gasteiger charge is -2.26. The number of nitriles is 1. The zero-order chi connectivity index (χ0) is 35.0. The number of nitro groups is 1. The summed E-state index contributed by atoms with van der Waals surface area (Å²) in [5.74, 6) is -0.376. The quantitative estimate of drug-likeness (QED) is 0.0776. The lowest BCUT2D eigenvalue weighted by molar-refractivity contribution is -0.384. The number of rotatable bonds is 12. The van der Waals surface area contributed by atoms with Gasteiger partial charge in [0.25, 0.3) is 11.6 Å². The Hall–Kier alpha value is -5.88. The molecule has 4 aromatic carbocycles. The van der Waals surface area contributed by atoms with Crippen molar-refractivity contribution in [1.29, 1.82) is 5.26 Å². The number of non-ortho nitro benzene ring substituents is 1. The minimum atomic E-state index is -0.922. The minimum Gasteiger partial charge on any atom is -0.491 e. The van der Waals surface area contributed by atoms with Crippen molar-refractivity contribution in [3.63, 3.8) is 0 Å². The van der Waals surface area contributed by atoms with E-state index in [2.05, 4.69) is 31.6 Å². The van der Waals surface area contributed by atoms with Crippen LogP contribution in [0.1, 0.15) is 22.3 Å². The highest BCUT2D eigenvalue weighted by atomic mass is 35.5. The highest BCUT2D eigenvalue weighted by Crippen LogP contribution is 2.36. The molecule has 50 heavy (non-hydrogen) atoms. The number of nitrogens with zero attached hydrogens (tertiary/aromatic N) is 5. The number of carbonyl (C=O) groups excluding carboxylic acids is 1. The smallest absolute Gasteiger partial charge is 0.270 e. The van der Waals surface area contributed by atoms with Gasteiger partial charge in [-0.2, -0.15) is 5.26 Å². The topological polar surface area (TPSA) is 165 Å². The molecule has 0 aliphatic carbocycles. The number of aromatic nitrogens is 2. The Morgan fingerprint density at radius 3 is 2.70 bits per heavy atom. The number of halogens is 2. The lowest BCUT2D eigenvalue weighted by atomic mass is 10.1. The molecule has 15 heteroatoms. The summed E-state index contributed by atoms with van der Waals surface area (Å²) in [6.45, 7) is 4.10. The van der Waals surface area contributed by atoms with Crippen LogP contribution in [0.3, 0.4) is 0 Å². The fraction of sp³-hybridized carbons (Fsp3) is 0.200. The second-order valence-corrected chi connectivity index (χ2v) is 11.5. The average Bonchev–Trinajstić information content (AvgIpc) is 3.12. The Balaban J connectivity index is 1.27. The third kappa shape index (κ3) is 8.21. The van der Waals surface area contributed by atoms with Gasteiger partial charge in [-0.3, -0.25) is 19.8 Å². The van der Waals surface area contributed by atoms with E-state index in [-0.39, 0.29) is 16.5 Å². The normalized spacial score (nSPS) is 13.0. The van der Waals surface area contributed by atoms with Gasteiger partial charge in [-0.15, -0.1) is 0 Å². The van der Waals surface area contributed by atoms with Crippen LogP contribution in [0, 0.1) is 27.3 Å². The van der Waals surface area contributed by atoms with Crippen LogP contribution in [-0.2, 0) is 4.74 Å². The highest BCUT2D eigenvalue weighted by Gasteiger charge is 2.20. The summed E-state index contributed by atoms with van der Waals surface area (Å²) in [4.78, 5) is 35.0. The predicted molar refractivity (Wildman–Crippen MR) is 184 cm³/mol. The second-order valence-electron chi connectivity index (χ2n) is 11.1. The van der Waals surface area contributed by atoms with Crippen LogP contribution in [0.25, 0.3) is 10.9 Å². The van der Waals surface area contributed by atoms with Gasteiger partial charge in [-0.1, -0.05) is 17.7 Å². The van der Waals surface area contributed by atoms with Gasteiger partial charge in [-0.25, -0.2) is 14.4 Å². The number of ether oxygens (including phenoxy) is 3. The first-order chi connectivity index (χ1) is 24.3. The molecule has 0 atom stereocenters. The highest BCUT2D eigenvalue weighted by molar-refractivity contribution is 6.32. The zero-order valence-electron chi connectivity index (χ0n) is 26.4. The predicted octanol–water partition coefficient (Wildman–Crippen LogP) is 7.09. The van der Waals surface area contributed by atoms with Crippen molar-refractivity contribution < 1.29 is 28.3 Å². The monoisotopic (exact) mass is 697 g/mol. The van der Waals surface area contributed by atoms with Crippen molar-refractivity contribution in [2.24, 2.45) is 0 Å². The summed E-state index contributed by atoms with van der Waals surface area (Å²) in [7, 11) is 0. The van der Waals surface area contributed by atoms with Crippen LogP contribution in [-0.4, -0.2) is 65.2 Å². The van der Waals surface area contributed by atoms with Gasteiger partial charge >= 0.3 is 0 Å². The Bertz CT molecular complexity index is 2100.